The molecule has 1 aromatic carbocycles. The highest BCUT2D eigenvalue weighted by Crippen LogP contribution is 2.28. The second-order valence-electron chi connectivity index (χ2n) is 5.86. The molecule has 0 spiro atoms. The standard InChI is InChI=1S/C17H22FN3/c1-2-14-10-19-20-17(14)15-4-3-9-21(12-15)11-13-5-7-16(18)8-6-13/h5-8,10,15H,2-4,9,11-12H2,1H3,(H,19,20)/t15-/m1/s1. The molecule has 3 rings (SSSR count). The van der Waals surface area contributed by atoms with E-state index in [1.165, 1.54) is 29.7 Å². The van der Waals surface area contributed by atoms with Gasteiger partial charge in [-0.3, -0.25) is 10.00 Å². The van der Waals surface area contributed by atoms with Crippen molar-refractivity contribution in [2.24, 2.45) is 0 Å². The first-order valence-electron chi connectivity index (χ1n) is 7.75. The van der Waals surface area contributed by atoms with Gasteiger partial charge in [0, 0.05) is 24.7 Å². The maximum atomic E-state index is 13.0. The first kappa shape index (κ1) is 14.3. The molecule has 0 aliphatic carbocycles. The lowest BCUT2D eigenvalue weighted by Gasteiger charge is -2.32. The van der Waals surface area contributed by atoms with E-state index in [1.54, 1.807) is 12.1 Å². The van der Waals surface area contributed by atoms with Crippen LogP contribution in [0.25, 0.3) is 0 Å². The zero-order valence-corrected chi connectivity index (χ0v) is 12.5. The van der Waals surface area contributed by atoms with Crippen LogP contribution >= 0.6 is 0 Å². The van der Waals surface area contributed by atoms with Gasteiger partial charge in [-0.2, -0.15) is 5.10 Å². The molecular weight excluding hydrogens is 265 g/mol. The van der Waals surface area contributed by atoms with Crippen molar-refractivity contribution in [1.29, 1.82) is 0 Å². The Morgan fingerprint density at radius 3 is 2.90 bits per heavy atom. The van der Waals surface area contributed by atoms with Crippen molar-refractivity contribution >= 4 is 0 Å². The fourth-order valence-electron chi connectivity index (χ4n) is 3.24. The van der Waals surface area contributed by atoms with E-state index in [0.29, 0.717) is 5.92 Å². The lowest BCUT2D eigenvalue weighted by atomic mass is 9.92. The van der Waals surface area contributed by atoms with E-state index in [9.17, 15) is 4.39 Å². The molecule has 4 heteroatoms. The average molecular weight is 287 g/mol. The third-order valence-corrected chi connectivity index (χ3v) is 4.37. The van der Waals surface area contributed by atoms with E-state index < -0.39 is 0 Å². The zero-order chi connectivity index (χ0) is 14.7. The lowest BCUT2D eigenvalue weighted by Crippen LogP contribution is -2.34. The number of halogens is 1. The SMILES string of the molecule is CCc1cn[nH]c1[C@@H]1CCCN(Cc2ccc(F)cc2)C1. The van der Waals surface area contributed by atoms with Gasteiger partial charge in [-0.15, -0.1) is 0 Å². The number of piperidine rings is 1. The normalized spacial score (nSPS) is 19.8. The van der Waals surface area contributed by atoms with Crippen molar-refractivity contribution in [2.45, 2.75) is 38.6 Å². The predicted octanol–water partition coefficient (Wildman–Crippen LogP) is 3.49. The number of nitrogens with zero attached hydrogens (tertiary/aromatic N) is 2. The number of likely N-dealkylation sites (tertiary alicyclic amines) is 1. The van der Waals surface area contributed by atoms with Crippen molar-refractivity contribution < 1.29 is 4.39 Å². The molecule has 21 heavy (non-hydrogen) atoms. The van der Waals surface area contributed by atoms with Gasteiger partial charge in [0.25, 0.3) is 0 Å². The molecule has 1 aromatic heterocycles. The number of hydrogen-bond acceptors (Lipinski definition) is 2. The van der Waals surface area contributed by atoms with Gasteiger partial charge < -0.3 is 0 Å². The third kappa shape index (κ3) is 3.32. The molecule has 0 amide bonds. The van der Waals surface area contributed by atoms with Crippen molar-refractivity contribution in [3.63, 3.8) is 0 Å². The molecule has 1 saturated heterocycles. The Morgan fingerprint density at radius 1 is 1.33 bits per heavy atom. The van der Waals surface area contributed by atoms with Gasteiger partial charge in [0.05, 0.1) is 6.20 Å². The second-order valence-corrected chi connectivity index (χ2v) is 5.86. The summed E-state index contributed by atoms with van der Waals surface area (Å²) in [4.78, 5) is 2.46. The van der Waals surface area contributed by atoms with Gasteiger partial charge in [0.1, 0.15) is 5.82 Å². The molecule has 1 aliphatic rings. The van der Waals surface area contributed by atoms with E-state index in [1.807, 2.05) is 18.3 Å². The summed E-state index contributed by atoms with van der Waals surface area (Å²) >= 11 is 0. The maximum absolute atomic E-state index is 13.0. The summed E-state index contributed by atoms with van der Waals surface area (Å²) in [5.74, 6) is 0.372. The Hall–Kier alpha value is -1.68. The molecule has 0 saturated carbocycles. The Balaban J connectivity index is 1.67. The fourth-order valence-corrected chi connectivity index (χ4v) is 3.24. The molecule has 112 valence electrons. The van der Waals surface area contributed by atoms with Gasteiger partial charge in [-0.05, 0) is 49.1 Å². The molecular formula is C17H22FN3. The number of rotatable bonds is 4. The van der Waals surface area contributed by atoms with Crippen molar-refractivity contribution in [1.82, 2.24) is 15.1 Å². The third-order valence-electron chi connectivity index (χ3n) is 4.37. The summed E-state index contributed by atoms with van der Waals surface area (Å²) in [5.41, 5.74) is 3.82. The van der Waals surface area contributed by atoms with Gasteiger partial charge in [-0.1, -0.05) is 19.1 Å². The van der Waals surface area contributed by atoms with Crippen molar-refractivity contribution in [3.05, 3.63) is 53.1 Å². The summed E-state index contributed by atoms with van der Waals surface area (Å²) in [7, 11) is 0. The van der Waals surface area contributed by atoms with Crippen LogP contribution in [-0.4, -0.2) is 28.2 Å². The van der Waals surface area contributed by atoms with Crippen LogP contribution in [0.2, 0.25) is 0 Å². The van der Waals surface area contributed by atoms with E-state index in [0.717, 1.165) is 26.1 Å². The molecule has 1 aliphatic heterocycles. The Morgan fingerprint density at radius 2 is 2.14 bits per heavy atom. The summed E-state index contributed by atoms with van der Waals surface area (Å²) in [6, 6.07) is 6.85. The van der Waals surface area contributed by atoms with Crippen molar-refractivity contribution in [3.8, 4) is 0 Å². The number of aromatic nitrogens is 2. The van der Waals surface area contributed by atoms with E-state index in [-0.39, 0.29) is 5.82 Å². The minimum Gasteiger partial charge on any atom is -0.298 e. The number of H-pyrrole nitrogens is 1. The highest BCUT2D eigenvalue weighted by Gasteiger charge is 2.24. The number of hydrogen-bond donors (Lipinski definition) is 1. The monoisotopic (exact) mass is 287 g/mol. The van der Waals surface area contributed by atoms with Gasteiger partial charge >= 0.3 is 0 Å². The van der Waals surface area contributed by atoms with Crippen LogP contribution in [0.5, 0.6) is 0 Å². The van der Waals surface area contributed by atoms with Crippen LogP contribution in [-0.2, 0) is 13.0 Å². The number of nitrogens with one attached hydrogen (secondary N) is 1. The highest BCUT2D eigenvalue weighted by molar-refractivity contribution is 5.22. The topological polar surface area (TPSA) is 31.9 Å². The smallest absolute Gasteiger partial charge is 0.123 e. The predicted molar refractivity (Wildman–Crippen MR) is 81.6 cm³/mol. The van der Waals surface area contributed by atoms with Crippen LogP contribution in [0.4, 0.5) is 4.39 Å². The maximum Gasteiger partial charge on any atom is 0.123 e. The fraction of sp³-hybridized carbons (Fsp3) is 0.471. The lowest BCUT2D eigenvalue weighted by molar-refractivity contribution is 0.198. The Bertz CT molecular complexity index is 576. The second kappa shape index (κ2) is 6.39. The largest absolute Gasteiger partial charge is 0.298 e. The molecule has 1 fully saturated rings. The minimum atomic E-state index is -0.166. The van der Waals surface area contributed by atoms with Crippen LogP contribution in [0, 0.1) is 5.82 Å². The van der Waals surface area contributed by atoms with Crippen LogP contribution in [0.1, 0.15) is 42.5 Å². The molecule has 0 unspecified atom stereocenters. The quantitative estimate of drug-likeness (QED) is 0.933. The van der Waals surface area contributed by atoms with Gasteiger partial charge in [-0.25, -0.2) is 4.39 Å². The Kier molecular flexibility index (Phi) is 4.34. The highest BCUT2D eigenvalue weighted by atomic mass is 19.1. The number of benzene rings is 1. The van der Waals surface area contributed by atoms with Crippen LogP contribution < -0.4 is 0 Å². The molecule has 0 bridgehead atoms. The van der Waals surface area contributed by atoms with E-state index in [2.05, 4.69) is 22.0 Å². The zero-order valence-electron chi connectivity index (χ0n) is 12.5. The first-order chi connectivity index (χ1) is 10.3. The molecule has 3 nitrogen and oxygen atoms in total. The minimum absolute atomic E-state index is 0.166. The first-order valence-corrected chi connectivity index (χ1v) is 7.75. The van der Waals surface area contributed by atoms with Crippen LogP contribution in [0.15, 0.2) is 30.5 Å². The summed E-state index contributed by atoms with van der Waals surface area (Å²) in [6.45, 7) is 5.23. The average Bonchev–Trinajstić information content (AvgIpc) is 2.98. The summed E-state index contributed by atoms with van der Waals surface area (Å²) < 4.78 is 13.0. The molecule has 1 N–H and O–H groups in total. The van der Waals surface area contributed by atoms with E-state index in [4.69, 9.17) is 0 Å². The van der Waals surface area contributed by atoms with Gasteiger partial charge in [0.2, 0.25) is 0 Å². The van der Waals surface area contributed by atoms with E-state index >= 15 is 0 Å². The Labute approximate surface area is 125 Å². The summed E-state index contributed by atoms with van der Waals surface area (Å²) in [5, 5.41) is 7.39. The molecule has 1 atom stereocenters. The number of aromatic amines is 1. The van der Waals surface area contributed by atoms with Crippen LogP contribution in [0.3, 0.4) is 0 Å². The van der Waals surface area contributed by atoms with Gasteiger partial charge in [0.15, 0.2) is 0 Å². The molecule has 0 radical (unpaired) electrons. The molecule has 2 aromatic rings. The molecule has 2 heterocycles. The summed E-state index contributed by atoms with van der Waals surface area (Å²) in [6.07, 6.45) is 5.40. The van der Waals surface area contributed by atoms with Crippen molar-refractivity contribution in [2.75, 3.05) is 13.1 Å². The number of aryl methyl sites for hydroxylation is 1.